The van der Waals surface area contributed by atoms with E-state index in [0.717, 1.165) is 28.5 Å². The Morgan fingerprint density at radius 1 is 1.20 bits per heavy atom. The van der Waals surface area contributed by atoms with E-state index in [4.69, 9.17) is 5.73 Å². The summed E-state index contributed by atoms with van der Waals surface area (Å²) >= 11 is 0. The average Bonchev–Trinajstić information content (AvgIpc) is 2.47. The molecule has 0 aliphatic rings. The number of pyridine rings is 1. The van der Waals surface area contributed by atoms with Crippen molar-refractivity contribution < 1.29 is 0 Å². The Labute approximate surface area is 88.8 Å². The molecule has 15 heavy (non-hydrogen) atoms. The van der Waals surface area contributed by atoms with Gasteiger partial charge in [0.25, 0.3) is 0 Å². The van der Waals surface area contributed by atoms with Gasteiger partial charge in [-0.3, -0.25) is 0 Å². The van der Waals surface area contributed by atoms with Crippen molar-refractivity contribution in [2.75, 3.05) is 5.73 Å². The van der Waals surface area contributed by atoms with Crippen LogP contribution in [0.2, 0.25) is 0 Å². The van der Waals surface area contributed by atoms with Gasteiger partial charge in [-0.25, -0.2) is 9.67 Å². The molecule has 4 nitrogen and oxygen atoms in total. The summed E-state index contributed by atoms with van der Waals surface area (Å²) in [5.41, 5.74) is 9.50. The quantitative estimate of drug-likeness (QED) is 0.766. The van der Waals surface area contributed by atoms with Crippen molar-refractivity contribution in [3.8, 4) is 5.82 Å². The maximum absolute atomic E-state index is 5.86. The van der Waals surface area contributed by atoms with Gasteiger partial charge in [0.15, 0.2) is 5.82 Å². The van der Waals surface area contributed by atoms with Gasteiger partial charge in [-0.05, 0) is 32.4 Å². The summed E-state index contributed by atoms with van der Waals surface area (Å²) < 4.78 is 1.77. The van der Waals surface area contributed by atoms with Gasteiger partial charge in [-0.2, -0.15) is 5.10 Å². The minimum absolute atomic E-state index is 0.734. The lowest BCUT2D eigenvalue weighted by Gasteiger charge is -2.03. The number of hydrogen-bond acceptors (Lipinski definition) is 3. The Bertz CT molecular complexity index is 482. The van der Waals surface area contributed by atoms with E-state index in [-0.39, 0.29) is 0 Å². The van der Waals surface area contributed by atoms with E-state index in [9.17, 15) is 0 Å². The van der Waals surface area contributed by atoms with Crippen LogP contribution in [0.25, 0.3) is 5.82 Å². The number of nitrogens with two attached hydrogens (primary N) is 1. The second-order valence-electron chi connectivity index (χ2n) is 3.69. The summed E-state index contributed by atoms with van der Waals surface area (Å²) in [7, 11) is 0. The summed E-state index contributed by atoms with van der Waals surface area (Å²) in [5, 5.41) is 4.34. The molecule has 2 aromatic rings. The summed E-state index contributed by atoms with van der Waals surface area (Å²) in [6.45, 7) is 5.84. The van der Waals surface area contributed by atoms with Crippen molar-refractivity contribution >= 4 is 5.69 Å². The van der Waals surface area contributed by atoms with E-state index in [1.807, 2.05) is 39.1 Å². The normalized spacial score (nSPS) is 10.6. The topological polar surface area (TPSA) is 56.7 Å². The Morgan fingerprint density at radius 3 is 2.40 bits per heavy atom. The van der Waals surface area contributed by atoms with Crippen molar-refractivity contribution in [2.45, 2.75) is 20.8 Å². The number of aryl methyl sites for hydroxylation is 2. The summed E-state index contributed by atoms with van der Waals surface area (Å²) in [6.07, 6.45) is 1.82. The lowest BCUT2D eigenvalue weighted by atomic mass is 10.3. The Hall–Kier alpha value is -1.84. The van der Waals surface area contributed by atoms with Gasteiger partial charge in [0.1, 0.15) is 0 Å². The first kappa shape index (κ1) is 9.71. The van der Waals surface area contributed by atoms with Crippen LogP contribution >= 0.6 is 0 Å². The number of aromatic nitrogens is 3. The fourth-order valence-electron chi connectivity index (χ4n) is 1.46. The van der Waals surface area contributed by atoms with E-state index in [0.29, 0.717) is 0 Å². The van der Waals surface area contributed by atoms with Gasteiger partial charge in [0.2, 0.25) is 0 Å². The lowest BCUT2D eigenvalue weighted by Crippen LogP contribution is -2.02. The van der Waals surface area contributed by atoms with Crippen LogP contribution in [-0.2, 0) is 0 Å². The van der Waals surface area contributed by atoms with Crippen LogP contribution in [0, 0.1) is 20.8 Å². The van der Waals surface area contributed by atoms with Crippen LogP contribution in [0.1, 0.15) is 17.0 Å². The zero-order chi connectivity index (χ0) is 11.0. The molecule has 78 valence electrons. The Morgan fingerprint density at radius 2 is 1.93 bits per heavy atom. The average molecular weight is 202 g/mol. The molecule has 0 unspecified atom stereocenters. The fraction of sp³-hybridized carbons (Fsp3) is 0.273. The molecule has 0 saturated carbocycles. The molecule has 0 aromatic carbocycles. The number of hydrogen-bond donors (Lipinski definition) is 1. The van der Waals surface area contributed by atoms with Gasteiger partial charge in [-0.15, -0.1) is 0 Å². The van der Waals surface area contributed by atoms with Gasteiger partial charge >= 0.3 is 0 Å². The smallest absolute Gasteiger partial charge is 0.153 e. The molecular formula is C11H14N4. The van der Waals surface area contributed by atoms with Crippen LogP contribution in [0.15, 0.2) is 18.3 Å². The highest BCUT2D eigenvalue weighted by atomic mass is 15.3. The first-order chi connectivity index (χ1) is 7.09. The van der Waals surface area contributed by atoms with Gasteiger partial charge < -0.3 is 5.73 Å². The molecule has 0 aliphatic heterocycles. The highest BCUT2D eigenvalue weighted by molar-refractivity contribution is 5.49. The third-order valence-electron chi connectivity index (χ3n) is 2.46. The minimum atomic E-state index is 0.734. The van der Waals surface area contributed by atoms with Crippen LogP contribution in [-0.4, -0.2) is 14.8 Å². The molecule has 0 spiro atoms. The molecule has 0 radical (unpaired) electrons. The molecular weight excluding hydrogens is 188 g/mol. The van der Waals surface area contributed by atoms with E-state index in [1.54, 1.807) is 4.68 Å². The second kappa shape index (κ2) is 3.38. The predicted octanol–water partition coefficient (Wildman–Crippen LogP) is 1.77. The molecule has 0 saturated heterocycles. The summed E-state index contributed by atoms with van der Waals surface area (Å²) in [6, 6.07) is 3.95. The zero-order valence-corrected chi connectivity index (χ0v) is 9.15. The Balaban J connectivity index is 2.54. The van der Waals surface area contributed by atoms with Crippen molar-refractivity contribution in [2.24, 2.45) is 0 Å². The van der Waals surface area contributed by atoms with Gasteiger partial charge in [-0.1, -0.05) is 6.07 Å². The third-order valence-corrected chi connectivity index (χ3v) is 2.46. The maximum Gasteiger partial charge on any atom is 0.153 e. The summed E-state index contributed by atoms with van der Waals surface area (Å²) in [5.74, 6) is 0.804. The lowest BCUT2D eigenvalue weighted by molar-refractivity contribution is 0.805. The number of rotatable bonds is 1. The second-order valence-corrected chi connectivity index (χ2v) is 3.69. The monoisotopic (exact) mass is 202 g/mol. The third kappa shape index (κ3) is 1.58. The van der Waals surface area contributed by atoms with Crippen molar-refractivity contribution in [3.63, 3.8) is 0 Å². The zero-order valence-electron chi connectivity index (χ0n) is 9.15. The van der Waals surface area contributed by atoms with Crippen LogP contribution in [0.3, 0.4) is 0 Å². The molecule has 2 rings (SSSR count). The van der Waals surface area contributed by atoms with Crippen molar-refractivity contribution in [1.29, 1.82) is 0 Å². The molecule has 0 bridgehead atoms. The van der Waals surface area contributed by atoms with E-state index >= 15 is 0 Å². The molecule has 0 atom stereocenters. The standard InChI is InChI=1S/C11H14N4/c1-7-4-5-10(13-6-7)15-9(3)11(12)8(2)14-15/h4-6H,12H2,1-3H3. The van der Waals surface area contributed by atoms with E-state index < -0.39 is 0 Å². The van der Waals surface area contributed by atoms with Crippen LogP contribution in [0.4, 0.5) is 5.69 Å². The first-order valence-electron chi connectivity index (χ1n) is 4.84. The van der Waals surface area contributed by atoms with Gasteiger partial charge in [0, 0.05) is 6.20 Å². The van der Waals surface area contributed by atoms with Crippen molar-refractivity contribution in [1.82, 2.24) is 14.8 Å². The molecule has 2 N–H and O–H groups in total. The predicted molar refractivity (Wildman–Crippen MR) is 60.0 cm³/mol. The highest BCUT2D eigenvalue weighted by Gasteiger charge is 2.09. The van der Waals surface area contributed by atoms with E-state index in [2.05, 4.69) is 10.1 Å². The fourth-order valence-corrected chi connectivity index (χ4v) is 1.46. The molecule has 2 heterocycles. The minimum Gasteiger partial charge on any atom is -0.396 e. The van der Waals surface area contributed by atoms with Crippen LogP contribution in [0.5, 0.6) is 0 Å². The maximum atomic E-state index is 5.86. The molecule has 0 amide bonds. The number of anilines is 1. The summed E-state index contributed by atoms with van der Waals surface area (Å²) in [4.78, 5) is 4.31. The largest absolute Gasteiger partial charge is 0.396 e. The molecule has 0 aliphatic carbocycles. The number of nitrogens with zero attached hydrogens (tertiary/aromatic N) is 3. The highest BCUT2D eigenvalue weighted by Crippen LogP contribution is 2.18. The molecule has 0 fully saturated rings. The molecule has 4 heteroatoms. The van der Waals surface area contributed by atoms with Crippen LogP contribution < -0.4 is 5.73 Å². The van der Waals surface area contributed by atoms with E-state index in [1.165, 1.54) is 0 Å². The SMILES string of the molecule is Cc1ccc(-n2nc(C)c(N)c2C)nc1. The number of nitrogen functional groups attached to an aromatic ring is 1. The van der Waals surface area contributed by atoms with Gasteiger partial charge in [0.05, 0.1) is 17.1 Å². The first-order valence-corrected chi connectivity index (χ1v) is 4.84. The van der Waals surface area contributed by atoms with Crippen molar-refractivity contribution in [3.05, 3.63) is 35.3 Å². The Kier molecular flexibility index (Phi) is 2.19. The molecule has 2 aromatic heterocycles.